The molecule has 0 N–H and O–H groups in total. The van der Waals surface area contributed by atoms with Crippen molar-refractivity contribution < 1.29 is 26.9 Å². The quantitative estimate of drug-likeness (QED) is 0.348. The number of hydrogen-bond acceptors (Lipinski definition) is 6. The first-order chi connectivity index (χ1) is 16.4. The summed E-state index contributed by atoms with van der Waals surface area (Å²) in [6, 6.07) is 17.7. The third-order valence-corrected chi connectivity index (χ3v) is 10.2. The van der Waals surface area contributed by atoms with E-state index in [4.69, 9.17) is 18.5 Å². The van der Waals surface area contributed by atoms with E-state index in [1.165, 1.54) is 0 Å². The van der Waals surface area contributed by atoms with Crippen molar-refractivity contribution in [3.63, 3.8) is 0 Å². The highest BCUT2D eigenvalue weighted by Crippen LogP contribution is 2.55. The van der Waals surface area contributed by atoms with Gasteiger partial charge in [-0.2, -0.15) is 0 Å². The number of benzene rings is 3. The average molecular weight is 513 g/mol. The lowest BCUT2D eigenvalue weighted by Gasteiger charge is -2.22. The number of rotatable bonds is 6. The van der Waals surface area contributed by atoms with Gasteiger partial charge in [0, 0.05) is 24.0 Å². The summed E-state index contributed by atoms with van der Waals surface area (Å²) in [7, 11) is -6.50. The monoisotopic (exact) mass is 512 g/mol. The Hall–Kier alpha value is -2.76. The summed E-state index contributed by atoms with van der Waals surface area (Å²) in [4.78, 5) is 0.136. The Morgan fingerprint density at radius 2 is 1.20 bits per heavy atom. The van der Waals surface area contributed by atoms with Gasteiger partial charge in [0.2, 0.25) is 0 Å². The number of para-hydroxylation sites is 2. The third-order valence-electron chi connectivity index (χ3n) is 5.97. The lowest BCUT2D eigenvalue weighted by Crippen LogP contribution is -2.24. The molecule has 0 aliphatic carbocycles. The maximum atomic E-state index is 13.8. The van der Waals surface area contributed by atoms with Crippen LogP contribution in [0.25, 0.3) is 0 Å². The van der Waals surface area contributed by atoms with E-state index >= 15 is 0 Å². The fourth-order valence-electron chi connectivity index (χ4n) is 4.39. The van der Waals surface area contributed by atoms with Crippen molar-refractivity contribution in [3.8, 4) is 23.0 Å². The molecule has 0 unspecified atom stereocenters. The first kappa shape index (κ1) is 24.0. The molecule has 0 atom stereocenters. The zero-order valence-electron chi connectivity index (χ0n) is 20.5. The minimum atomic E-state index is -4.00. The van der Waals surface area contributed by atoms with Gasteiger partial charge in [0.1, 0.15) is 11.2 Å². The molecule has 0 amide bonds. The molecule has 184 valence electrons. The Labute approximate surface area is 207 Å². The zero-order valence-corrected chi connectivity index (χ0v) is 22.2. The summed E-state index contributed by atoms with van der Waals surface area (Å²) >= 11 is 0. The van der Waals surface area contributed by atoms with Crippen LogP contribution in [0.1, 0.15) is 44.4 Å². The normalized spacial score (nSPS) is 17.3. The molecule has 2 aliphatic rings. The molecule has 3 aromatic carbocycles. The molecule has 2 heterocycles. The number of aryl methyl sites for hydroxylation is 1. The van der Waals surface area contributed by atoms with Gasteiger partial charge < -0.3 is 18.5 Å². The second-order valence-electron chi connectivity index (χ2n) is 10.3. The smallest absolute Gasteiger partial charge is 0.427 e. The van der Waals surface area contributed by atoms with Crippen LogP contribution < -0.4 is 18.5 Å². The molecule has 8 heteroatoms. The summed E-state index contributed by atoms with van der Waals surface area (Å²) in [5.74, 6) is 1.82. The van der Waals surface area contributed by atoms with Gasteiger partial charge in [0.15, 0.2) is 23.0 Å². The van der Waals surface area contributed by atoms with E-state index in [0.717, 1.165) is 16.7 Å². The number of fused-ring (bicyclic) bond motifs is 2. The maximum absolute atomic E-state index is 13.8. The van der Waals surface area contributed by atoms with E-state index < -0.39 is 28.2 Å². The van der Waals surface area contributed by atoms with E-state index in [0.29, 0.717) is 35.8 Å². The Morgan fingerprint density at radius 3 is 1.66 bits per heavy atom. The van der Waals surface area contributed by atoms with Crippen LogP contribution in [0.4, 0.5) is 0 Å². The van der Waals surface area contributed by atoms with Crippen molar-refractivity contribution in [3.05, 3.63) is 77.4 Å². The largest absolute Gasteiger partial charge is 0.483 e. The van der Waals surface area contributed by atoms with Crippen LogP contribution in [0.3, 0.4) is 0 Å². The first-order valence-corrected chi connectivity index (χ1v) is 14.8. The van der Waals surface area contributed by atoms with E-state index in [2.05, 4.69) is 0 Å². The summed E-state index contributed by atoms with van der Waals surface area (Å²) in [6.45, 7) is 9.87. The first-order valence-electron chi connectivity index (χ1n) is 11.5. The molecular formula is C27H29O6PS. The van der Waals surface area contributed by atoms with E-state index in [1.54, 1.807) is 36.4 Å². The number of ether oxygens (including phenoxy) is 2. The predicted octanol–water partition coefficient (Wildman–Crippen LogP) is 6.58. The van der Waals surface area contributed by atoms with Gasteiger partial charge in [0.05, 0.1) is 4.90 Å². The summed E-state index contributed by atoms with van der Waals surface area (Å²) in [5.41, 5.74) is 2.10. The molecule has 0 saturated carbocycles. The average Bonchev–Trinajstić information content (AvgIpc) is 3.27. The van der Waals surface area contributed by atoms with Crippen molar-refractivity contribution in [2.75, 3.05) is 0 Å². The summed E-state index contributed by atoms with van der Waals surface area (Å²) in [6.07, 6.45) is 1.41. The van der Waals surface area contributed by atoms with Crippen LogP contribution in [0.15, 0.2) is 65.6 Å². The van der Waals surface area contributed by atoms with Crippen LogP contribution >= 0.6 is 7.58 Å². The SMILES string of the molecule is Cc1ccc(S(=O)(=O)P(Oc2cccc3c2OC(C)(C)C3)Oc2cccc3c2OC(C)(C)C3)cc1. The zero-order chi connectivity index (χ0) is 25.0. The van der Waals surface area contributed by atoms with Gasteiger partial charge in [-0.1, -0.05) is 42.0 Å². The lowest BCUT2D eigenvalue weighted by atomic mass is 10.0. The second kappa shape index (κ2) is 8.42. The maximum Gasteiger partial charge on any atom is 0.427 e. The molecule has 0 saturated heterocycles. The highest BCUT2D eigenvalue weighted by atomic mass is 32.8. The van der Waals surface area contributed by atoms with Gasteiger partial charge in [-0.25, -0.2) is 8.42 Å². The fraction of sp³-hybridized carbons (Fsp3) is 0.333. The van der Waals surface area contributed by atoms with Crippen LogP contribution in [0.2, 0.25) is 0 Å². The Kier molecular flexibility index (Phi) is 5.77. The van der Waals surface area contributed by atoms with Crippen molar-refractivity contribution in [1.29, 1.82) is 0 Å². The molecule has 5 rings (SSSR count). The Morgan fingerprint density at radius 1 is 0.743 bits per heavy atom. The van der Waals surface area contributed by atoms with E-state index in [9.17, 15) is 8.42 Å². The van der Waals surface area contributed by atoms with Gasteiger partial charge in [-0.15, -0.1) is 0 Å². The second-order valence-corrected chi connectivity index (χ2v) is 14.8. The molecule has 2 aliphatic heterocycles. The van der Waals surface area contributed by atoms with Gasteiger partial charge in [-0.3, -0.25) is 0 Å². The van der Waals surface area contributed by atoms with Crippen LogP contribution in [0.5, 0.6) is 23.0 Å². The Bertz CT molecular complexity index is 1310. The molecule has 35 heavy (non-hydrogen) atoms. The fourth-order valence-corrected chi connectivity index (χ4v) is 7.84. The standard InChI is InChI=1S/C27H29O6PS/c1-18-12-14-21(15-13-18)35(28,29)34(32-22-10-6-8-19-16-26(2,3)30-24(19)22)33-23-11-7-9-20-17-27(4,5)31-25(20)23/h6-15H,16-17H2,1-5H3. The molecule has 6 nitrogen and oxygen atoms in total. The number of hydrogen-bond donors (Lipinski definition) is 0. The van der Waals surface area contributed by atoms with Gasteiger partial charge in [-0.05, 0) is 58.9 Å². The highest BCUT2D eigenvalue weighted by Gasteiger charge is 2.40. The van der Waals surface area contributed by atoms with Crippen LogP contribution in [-0.4, -0.2) is 19.6 Å². The topological polar surface area (TPSA) is 71.1 Å². The van der Waals surface area contributed by atoms with Crippen molar-refractivity contribution in [1.82, 2.24) is 0 Å². The molecular weight excluding hydrogens is 483 g/mol. The molecule has 3 aromatic rings. The van der Waals surface area contributed by atoms with Crippen LogP contribution in [0, 0.1) is 6.92 Å². The summed E-state index contributed by atoms with van der Waals surface area (Å²) in [5, 5.41) is 0. The lowest BCUT2D eigenvalue weighted by molar-refractivity contribution is 0.135. The minimum Gasteiger partial charge on any atom is -0.483 e. The van der Waals surface area contributed by atoms with Gasteiger partial charge in [0.25, 0.3) is 9.46 Å². The van der Waals surface area contributed by atoms with Crippen molar-refractivity contribution in [2.24, 2.45) is 0 Å². The molecule has 0 aromatic heterocycles. The summed E-state index contributed by atoms with van der Waals surface area (Å²) < 4.78 is 52.2. The molecule has 0 fully saturated rings. The predicted molar refractivity (Wildman–Crippen MR) is 136 cm³/mol. The Balaban J connectivity index is 1.56. The van der Waals surface area contributed by atoms with Crippen molar-refractivity contribution >= 4 is 17.0 Å². The minimum absolute atomic E-state index is 0.136. The third kappa shape index (κ3) is 4.72. The molecule has 0 spiro atoms. The highest BCUT2D eigenvalue weighted by molar-refractivity contribution is 8.47. The van der Waals surface area contributed by atoms with E-state index in [1.807, 2.05) is 58.9 Å². The van der Waals surface area contributed by atoms with E-state index in [-0.39, 0.29) is 4.90 Å². The molecule has 0 bridgehead atoms. The van der Waals surface area contributed by atoms with Crippen LogP contribution in [-0.2, 0) is 22.3 Å². The van der Waals surface area contributed by atoms with Gasteiger partial charge >= 0.3 is 7.58 Å². The molecule has 0 radical (unpaired) electrons. The van der Waals surface area contributed by atoms with Crippen molar-refractivity contribution in [2.45, 2.75) is 63.6 Å².